The van der Waals surface area contributed by atoms with Crippen molar-refractivity contribution in [1.29, 1.82) is 0 Å². The maximum Gasteiger partial charge on any atom is 0.231 e. The van der Waals surface area contributed by atoms with E-state index < -0.39 is 0 Å². The molecule has 0 atom stereocenters. The molecule has 0 aliphatic heterocycles. The molecule has 6 nitrogen and oxygen atoms in total. The number of nitrogen functional groups attached to an aromatic ring is 1. The zero-order chi connectivity index (χ0) is 13.4. The SMILES string of the molecule is CN(C)c1nc(N)nc(NCC(C2CC2)C2CC2)n1. The molecular formula is C13H22N6. The summed E-state index contributed by atoms with van der Waals surface area (Å²) < 4.78 is 0. The molecule has 1 aromatic rings. The number of aromatic nitrogens is 3. The van der Waals surface area contributed by atoms with Crippen LogP contribution in [0.1, 0.15) is 25.7 Å². The first-order chi connectivity index (χ1) is 9.13. The van der Waals surface area contributed by atoms with Crippen molar-refractivity contribution >= 4 is 17.8 Å². The molecule has 2 aliphatic rings. The molecule has 0 unspecified atom stereocenters. The van der Waals surface area contributed by atoms with E-state index >= 15 is 0 Å². The normalized spacial score (nSPS) is 18.7. The van der Waals surface area contributed by atoms with Crippen LogP contribution in [0.15, 0.2) is 0 Å². The van der Waals surface area contributed by atoms with Gasteiger partial charge in [0.2, 0.25) is 17.8 Å². The lowest BCUT2D eigenvalue weighted by Crippen LogP contribution is -2.21. The summed E-state index contributed by atoms with van der Waals surface area (Å²) in [6.07, 6.45) is 5.58. The first kappa shape index (κ1) is 12.4. The van der Waals surface area contributed by atoms with Crippen LogP contribution in [0.25, 0.3) is 0 Å². The number of nitrogens with two attached hydrogens (primary N) is 1. The van der Waals surface area contributed by atoms with Crippen molar-refractivity contribution in [2.45, 2.75) is 25.7 Å². The molecule has 0 radical (unpaired) electrons. The van der Waals surface area contributed by atoms with Gasteiger partial charge in [-0.3, -0.25) is 0 Å². The molecule has 3 N–H and O–H groups in total. The molecule has 1 heterocycles. The first-order valence-corrected chi connectivity index (χ1v) is 7.06. The summed E-state index contributed by atoms with van der Waals surface area (Å²) in [5.74, 6) is 4.11. The monoisotopic (exact) mass is 262 g/mol. The molecular weight excluding hydrogens is 240 g/mol. The zero-order valence-corrected chi connectivity index (χ0v) is 11.6. The quantitative estimate of drug-likeness (QED) is 0.806. The van der Waals surface area contributed by atoms with Gasteiger partial charge in [0.1, 0.15) is 0 Å². The van der Waals surface area contributed by atoms with Gasteiger partial charge in [-0.05, 0) is 43.4 Å². The van der Waals surface area contributed by atoms with Crippen molar-refractivity contribution in [2.24, 2.45) is 17.8 Å². The minimum Gasteiger partial charge on any atom is -0.368 e. The third-order valence-corrected chi connectivity index (χ3v) is 3.99. The highest BCUT2D eigenvalue weighted by Crippen LogP contribution is 2.49. The third-order valence-electron chi connectivity index (χ3n) is 3.99. The van der Waals surface area contributed by atoms with Gasteiger partial charge in [-0.2, -0.15) is 15.0 Å². The van der Waals surface area contributed by atoms with Gasteiger partial charge in [0, 0.05) is 20.6 Å². The van der Waals surface area contributed by atoms with Gasteiger partial charge < -0.3 is 16.0 Å². The molecule has 0 amide bonds. The molecule has 6 heteroatoms. The molecule has 1 aromatic heterocycles. The maximum absolute atomic E-state index is 5.72. The second-order valence-electron chi connectivity index (χ2n) is 5.93. The molecule has 3 rings (SSSR count). The van der Waals surface area contributed by atoms with E-state index in [2.05, 4.69) is 20.3 Å². The lowest BCUT2D eigenvalue weighted by atomic mass is 9.98. The molecule has 104 valence electrons. The molecule has 0 saturated heterocycles. The predicted octanol–water partition coefficient (Wildman–Crippen LogP) is 1.37. The van der Waals surface area contributed by atoms with Gasteiger partial charge >= 0.3 is 0 Å². The summed E-state index contributed by atoms with van der Waals surface area (Å²) in [5, 5.41) is 3.35. The Balaban J connectivity index is 1.65. The van der Waals surface area contributed by atoms with Crippen molar-refractivity contribution < 1.29 is 0 Å². The van der Waals surface area contributed by atoms with E-state index in [9.17, 15) is 0 Å². The summed E-state index contributed by atoms with van der Waals surface area (Å²) in [6, 6.07) is 0. The minimum atomic E-state index is 0.274. The Morgan fingerprint density at radius 1 is 1.16 bits per heavy atom. The minimum absolute atomic E-state index is 0.274. The fourth-order valence-electron chi connectivity index (χ4n) is 2.64. The molecule has 2 aliphatic carbocycles. The van der Waals surface area contributed by atoms with Gasteiger partial charge in [0.25, 0.3) is 0 Å². The van der Waals surface area contributed by atoms with E-state index in [1.807, 2.05) is 19.0 Å². The van der Waals surface area contributed by atoms with Crippen LogP contribution >= 0.6 is 0 Å². The van der Waals surface area contributed by atoms with E-state index in [4.69, 9.17) is 5.73 Å². The Hall–Kier alpha value is -1.59. The maximum atomic E-state index is 5.72. The second-order valence-corrected chi connectivity index (χ2v) is 5.93. The van der Waals surface area contributed by atoms with Gasteiger partial charge in [-0.15, -0.1) is 0 Å². The third kappa shape index (κ3) is 3.05. The highest BCUT2D eigenvalue weighted by Gasteiger charge is 2.41. The topological polar surface area (TPSA) is 80.0 Å². The highest BCUT2D eigenvalue weighted by atomic mass is 15.3. The van der Waals surface area contributed by atoms with Crippen LogP contribution < -0.4 is 16.0 Å². The van der Waals surface area contributed by atoms with Crippen LogP contribution in [-0.4, -0.2) is 35.6 Å². The molecule has 19 heavy (non-hydrogen) atoms. The van der Waals surface area contributed by atoms with Crippen LogP contribution in [0, 0.1) is 17.8 Å². The van der Waals surface area contributed by atoms with Crippen molar-refractivity contribution in [3.63, 3.8) is 0 Å². The number of rotatable bonds is 6. The van der Waals surface area contributed by atoms with E-state index in [0.717, 1.165) is 24.3 Å². The van der Waals surface area contributed by atoms with Gasteiger partial charge in [-0.1, -0.05) is 0 Å². The largest absolute Gasteiger partial charge is 0.368 e. The molecule has 2 fully saturated rings. The number of anilines is 3. The summed E-state index contributed by atoms with van der Waals surface area (Å²) in [4.78, 5) is 14.5. The summed E-state index contributed by atoms with van der Waals surface area (Å²) >= 11 is 0. The zero-order valence-electron chi connectivity index (χ0n) is 11.6. The van der Waals surface area contributed by atoms with Gasteiger partial charge in [-0.25, -0.2) is 0 Å². The number of hydrogen-bond donors (Lipinski definition) is 2. The van der Waals surface area contributed by atoms with Crippen LogP contribution in [0.4, 0.5) is 17.8 Å². The number of nitrogens with zero attached hydrogens (tertiary/aromatic N) is 4. The van der Waals surface area contributed by atoms with Crippen LogP contribution in [-0.2, 0) is 0 Å². The van der Waals surface area contributed by atoms with Crippen LogP contribution in [0.3, 0.4) is 0 Å². The van der Waals surface area contributed by atoms with Crippen molar-refractivity contribution in [3.05, 3.63) is 0 Å². The fourth-order valence-corrected chi connectivity index (χ4v) is 2.64. The second kappa shape index (κ2) is 4.83. The number of nitrogens with one attached hydrogen (secondary N) is 1. The van der Waals surface area contributed by atoms with Crippen LogP contribution in [0.5, 0.6) is 0 Å². The van der Waals surface area contributed by atoms with Gasteiger partial charge in [0.15, 0.2) is 0 Å². The van der Waals surface area contributed by atoms with Crippen LogP contribution in [0.2, 0.25) is 0 Å². The Kier molecular flexibility index (Phi) is 3.16. The summed E-state index contributed by atoms with van der Waals surface area (Å²) in [6.45, 7) is 0.964. The lowest BCUT2D eigenvalue weighted by Gasteiger charge is -2.17. The molecule has 0 spiro atoms. The number of hydrogen-bond acceptors (Lipinski definition) is 6. The van der Waals surface area contributed by atoms with E-state index in [1.54, 1.807) is 0 Å². The van der Waals surface area contributed by atoms with E-state index in [1.165, 1.54) is 25.7 Å². The Bertz CT molecular complexity index is 440. The standard InChI is InChI=1S/C13H22N6/c1-19(2)13-17-11(14)16-12(18-13)15-7-10(8-3-4-8)9-5-6-9/h8-10H,3-7H2,1-2H3,(H3,14,15,16,17,18). The fraction of sp³-hybridized carbons (Fsp3) is 0.769. The van der Waals surface area contributed by atoms with E-state index in [-0.39, 0.29) is 5.95 Å². The Morgan fingerprint density at radius 3 is 2.32 bits per heavy atom. The Labute approximate surface area is 113 Å². The predicted molar refractivity (Wildman–Crippen MR) is 76.0 cm³/mol. The Morgan fingerprint density at radius 2 is 1.79 bits per heavy atom. The van der Waals surface area contributed by atoms with Crippen molar-refractivity contribution in [2.75, 3.05) is 36.6 Å². The van der Waals surface area contributed by atoms with Crippen molar-refractivity contribution in [3.8, 4) is 0 Å². The average Bonchev–Trinajstić information content (AvgIpc) is 3.23. The molecule has 2 saturated carbocycles. The lowest BCUT2D eigenvalue weighted by molar-refractivity contribution is 0.427. The first-order valence-electron chi connectivity index (χ1n) is 7.06. The van der Waals surface area contributed by atoms with Crippen molar-refractivity contribution in [1.82, 2.24) is 15.0 Å². The van der Waals surface area contributed by atoms with Gasteiger partial charge in [0.05, 0.1) is 0 Å². The summed E-state index contributed by atoms with van der Waals surface area (Å²) in [7, 11) is 3.80. The highest BCUT2D eigenvalue weighted by molar-refractivity contribution is 5.40. The molecule has 0 aromatic carbocycles. The smallest absolute Gasteiger partial charge is 0.231 e. The molecule has 0 bridgehead atoms. The summed E-state index contributed by atoms with van der Waals surface area (Å²) in [5.41, 5.74) is 5.72. The average molecular weight is 262 g/mol. The van der Waals surface area contributed by atoms with E-state index in [0.29, 0.717) is 11.9 Å².